The molecule has 0 N–H and O–H groups in total. The summed E-state index contributed by atoms with van der Waals surface area (Å²) in [5.74, 6) is -0.588. The van der Waals surface area contributed by atoms with Crippen LogP contribution < -0.4 is 0 Å². The van der Waals surface area contributed by atoms with Gasteiger partial charge in [-0.25, -0.2) is 4.39 Å². The quantitative estimate of drug-likeness (QED) is 0.244. The number of benzene rings is 2. The number of carbonyl (C=O) groups is 2. The standard InChI is InChI=1S/C27H23F7N4O2S/c1-2-36-8-7-22(20(28)14-36)38-24(39)23(41-25(38)40)10-15-3-6-21-17(9-15)12-35-37(21)13-16-4-5-18(26(29,30)31)11-19(16)27(32,33)34/h3-6,9-12,20,22H,2,7-8,13-14H2,1H3/t20-,22-/m0/s1. The predicted octanol–water partition coefficient (Wildman–Crippen LogP) is 6.59. The minimum Gasteiger partial charge on any atom is -0.301 e. The number of hydrogen-bond acceptors (Lipinski definition) is 5. The number of carbonyl (C=O) groups excluding carboxylic acids is 2. The molecule has 41 heavy (non-hydrogen) atoms. The lowest BCUT2D eigenvalue weighted by atomic mass is 10.0. The molecule has 0 bridgehead atoms. The number of aromatic nitrogens is 2. The van der Waals surface area contributed by atoms with E-state index in [0.29, 0.717) is 53.8 Å². The summed E-state index contributed by atoms with van der Waals surface area (Å²) in [5, 5.41) is 4.05. The van der Waals surface area contributed by atoms with E-state index in [1.165, 1.54) is 17.0 Å². The van der Waals surface area contributed by atoms with Crippen molar-refractivity contribution in [1.29, 1.82) is 0 Å². The first kappa shape index (κ1) is 29.1. The average Bonchev–Trinajstić information content (AvgIpc) is 3.42. The van der Waals surface area contributed by atoms with Gasteiger partial charge in [-0.1, -0.05) is 19.1 Å². The topological polar surface area (TPSA) is 58.4 Å². The largest absolute Gasteiger partial charge is 0.416 e. The molecule has 0 saturated carbocycles. The van der Waals surface area contributed by atoms with Gasteiger partial charge in [-0.05, 0) is 66.2 Å². The third-order valence-electron chi connectivity index (χ3n) is 7.22. The third kappa shape index (κ3) is 5.85. The van der Waals surface area contributed by atoms with E-state index >= 15 is 0 Å². The molecule has 5 rings (SSSR count). The zero-order valence-electron chi connectivity index (χ0n) is 21.5. The summed E-state index contributed by atoms with van der Waals surface area (Å²) in [7, 11) is 0. The molecule has 2 fully saturated rings. The summed E-state index contributed by atoms with van der Waals surface area (Å²) in [6.07, 6.45) is -8.10. The summed E-state index contributed by atoms with van der Waals surface area (Å²) in [6, 6.07) is 5.37. The number of likely N-dealkylation sites (tertiary alicyclic amines) is 1. The second-order valence-electron chi connectivity index (χ2n) is 9.80. The van der Waals surface area contributed by atoms with E-state index in [-0.39, 0.29) is 23.1 Å². The van der Waals surface area contributed by atoms with Crippen LogP contribution in [0.4, 0.5) is 35.5 Å². The van der Waals surface area contributed by atoms with Crippen LogP contribution in [0.15, 0.2) is 47.5 Å². The minimum absolute atomic E-state index is 0.0877. The zero-order valence-corrected chi connectivity index (χ0v) is 22.3. The maximum atomic E-state index is 14.8. The highest BCUT2D eigenvalue weighted by Gasteiger charge is 2.45. The first-order valence-corrected chi connectivity index (χ1v) is 13.4. The van der Waals surface area contributed by atoms with Gasteiger partial charge in [0.15, 0.2) is 0 Å². The first-order valence-electron chi connectivity index (χ1n) is 12.6. The normalized spacial score (nSPS) is 22.0. The Morgan fingerprint density at radius 1 is 1.05 bits per heavy atom. The lowest BCUT2D eigenvalue weighted by Gasteiger charge is -2.37. The smallest absolute Gasteiger partial charge is 0.301 e. The van der Waals surface area contributed by atoms with Crippen LogP contribution in [0, 0.1) is 0 Å². The minimum atomic E-state index is -5.01. The number of nitrogens with zero attached hydrogens (tertiary/aromatic N) is 4. The number of piperidine rings is 1. The fraction of sp³-hybridized carbons (Fsp3) is 0.370. The van der Waals surface area contributed by atoms with Crippen molar-refractivity contribution in [2.75, 3.05) is 19.6 Å². The number of halogens is 7. The van der Waals surface area contributed by atoms with Crippen molar-refractivity contribution in [1.82, 2.24) is 19.6 Å². The maximum absolute atomic E-state index is 14.8. The lowest BCUT2D eigenvalue weighted by Crippen LogP contribution is -2.53. The van der Waals surface area contributed by atoms with Crippen LogP contribution in [0.25, 0.3) is 17.0 Å². The maximum Gasteiger partial charge on any atom is 0.416 e. The Labute approximate surface area is 233 Å². The molecule has 2 aromatic carbocycles. The summed E-state index contributed by atoms with van der Waals surface area (Å²) in [6.45, 7) is 2.85. The average molecular weight is 601 g/mol. The molecule has 218 valence electrons. The van der Waals surface area contributed by atoms with Crippen molar-refractivity contribution in [3.8, 4) is 0 Å². The number of alkyl halides is 7. The molecule has 1 aromatic heterocycles. The second-order valence-corrected chi connectivity index (χ2v) is 10.8. The third-order valence-corrected chi connectivity index (χ3v) is 8.10. The second kappa shape index (κ2) is 10.8. The molecule has 0 radical (unpaired) electrons. The van der Waals surface area contributed by atoms with E-state index in [4.69, 9.17) is 0 Å². The number of imide groups is 1. The lowest BCUT2D eigenvalue weighted by molar-refractivity contribution is -0.143. The molecule has 14 heteroatoms. The number of amides is 2. The van der Waals surface area contributed by atoms with E-state index in [9.17, 15) is 40.3 Å². The molecule has 2 aliphatic heterocycles. The number of fused-ring (bicyclic) bond motifs is 1. The van der Waals surface area contributed by atoms with Gasteiger partial charge in [0.25, 0.3) is 11.1 Å². The monoisotopic (exact) mass is 600 g/mol. The fourth-order valence-electron chi connectivity index (χ4n) is 5.09. The van der Waals surface area contributed by atoms with Gasteiger partial charge in [-0.2, -0.15) is 31.4 Å². The molecule has 3 aromatic rings. The highest BCUT2D eigenvalue weighted by atomic mass is 32.2. The molecule has 2 saturated heterocycles. The van der Waals surface area contributed by atoms with Crippen molar-refractivity contribution < 1.29 is 40.3 Å². The Hall–Kier alpha value is -3.39. The number of hydrogen-bond donors (Lipinski definition) is 0. The van der Waals surface area contributed by atoms with Gasteiger partial charge in [0.05, 0.1) is 40.3 Å². The van der Waals surface area contributed by atoms with Crippen molar-refractivity contribution in [2.24, 2.45) is 0 Å². The Kier molecular flexibility index (Phi) is 7.66. The van der Waals surface area contributed by atoms with Gasteiger partial charge in [-0.15, -0.1) is 0 Å². The predicted molar refractivity (Wildman–Crippen MR) is 139 cm³/mol. The van der Waals surface area contributed by atoms with E-state index in [0.717, 1.165) is 11.0 Å². The highest BCUT2D eigenvalue weighted by Crippen LogP contribution is 2.39. The van der Waals surface area contributed by atoms with E-state index in [1.807, 2.05) is 11.8 Å². The van der Waals surface area contributed by atoms with Crippen LogP contribution in [0.5, 0.6) is 0 Å². The van der Waals surface area contributed by atoms with Crippen LogP contribution >= 0.6 is 11.8 Å². The Balaban J connectivity index is 1.38. The van der Waals surface area contributed by atoms with Crippen molar-refractivity contribution in [3.63, 3.8) is 0 Å². The molecule has 2 amide bonds. The SMILES string of the molecule is CCN1CC[C@H](N2C(=O)SC(=Cc3ccc4c(cnn4Cc4ccc(C(F)(F)F)cc4C(F)(F)F)c3)C2=O)[C@@H](F)C1. The van der Waals surface area contributed by atoms with Gasteiger partial charge in [0.2, 0.25) is 0 Å². The Morgan fingerprint density at radius 3 is 2.46 bits per heavy atom. The van der Waals surface area contributed by atoms with E-state index < -0.39 is 53.4 Å². The zero-order chi connectivity index (χ0) is 29.7. The van der Waals surface area contributed by atoms with Crippen molar-refractivity contribution >= 4 is 39.9 Å². The van der Waals surface area contributed by atoms with Crippen molar-refractivity contribution in [3.05, 3.63) is 69.8 Å². The van der Waals surface area contributed by atoms with Crippen LogP contribution in [-0.4, -0.2) is 62.6 Å². The molecule has 3 heterocycles. The van der Waals surface area contributed by atoms with E-state index in [2.05, 4.69) is 5.10 Å². The number of rotatable bonds is 5. The number of thioether (sulfide) groups is 1. The van der Waals surface area contributed by atoms with Crippen LogP contribution in [-0.2, 0) is 23.7 Å². The van der Waals surface area contributed by atoms with Gasteiger partial charge < -0.3 is 4.90 Å². The molecule has 0 spiro atoms. The van der Waals surface area contributed by atoms with Crippen LogP contribution in [0.2, 0.25) is 0 Å². The first-order chi connectivity index (χ1) is 19.3. The van der Waals surface area contributed by atoms with Crippen LogP contribution in [0.3, 0.4) is 0 Å². The van der Waals surface area contributed by atoms with Crippen LogP contribution in [0.1, 0.15) is 35.6 Å². The molecule has 0 aliphatic carbocycles. The van der Waals surface area contributed by atoms with Gasteiger partial charge in [0, 0.05) is 18.5 Å². The fourth-order valence-corrected chi connectivity index (χ4v) is 5.97. The molecule has 0 unspecified atom stereocenters. The Bertz CT molecular complexity index is 1530. The molecular weight excluding hydrogens is 577 g/mol. The molecular formula is C27H23F7N4O2S. The van der Waals surface area contributed by atoms with Crippen molar-refractivity contribution in [2.45, 2.75) is 44.5 Å². The molecule has 2 atom stereocenters. The molecule has 2 aliphatic rings. The summed E-state index contributed by atoms with van der Waals surface area (Å²) < 4.78 is 95.8. The summed E-state index contributed by atoms with van der Waals surface area (Å²) in [4.78, 5) is 28.7. The van der Waals surface area contributed by atoms with Gasteiger partial charge in [-0.3, -0.25) is 19.2 Å². The summed E-state index contributed by atoms with van der Waals surface area (Å²) >= 11 is 0.709. The summed E-state index contributed by atoms with van der Waals surface area (Å²) in [5.41, 5.74) is -2.28. The van der Waals surface area contributed by atoms with E-state index in [1.54, 1.807) is 18.2 Å². The van der Waals surface area contributed by atoms with Gasteiger partial charge in [0.1, 0.15) is 6.17 Å². The highest BCUT2D eigenvalue weighted by molar-refractivity contribution is 8.18. The molecule has 6 nitrogen and oxygen atoms in total. The Morgan fingerprint density at radius 2 is 1.80 bits per heavy atom. The van der Waals surface area contributed by atoms with Gasteiger partial charge >= 0.3 is 12.4 Å².